The number of allylic oxidation sites excluding steroid dienone is 1. The standard InChI is InChI=1S/C22H21FN4O4/c1-12(2)9-18(24)26-21-16-8-7-15(31-11-19(28)29)10-17(16)25-22(27-21)20(30)13-3-5-14(23)6-4-13/h3-10,20,30H,11H2,1-2H3,(H,28,29)(H2,24,25,26,27). The molecule has 1 atom stereocenters. The predicted octanol–water partition coefficient (Wildman–Crippen LogP) is 3.27. The second-order valence-corrected chi connectivity index (χ2v) is 6.98. The first-order valence-corrected chi connectivity index (χ1v) is 9.32. The summed E-state index contributed by atoms with van der Waals surface area (Å²) in [6.45, 7) is 3.23. The van der Waals surface area contributed by atoms with Crippen LogP contribution in [0.25, 0.3) is 10.9 Å². The van der Waals surface area contributed by atoms with Crippen LogP contribution in [-0.2, 0) is 4.79 Å². The maximum atomic E-state index is 13.2. The number of rotatable bonds is 7. The lowest BCUT2D eigenvalue weighted by atomic mass is 10.1. The molecule has 31 heavy (non-hydrogen) atoms. The van der Waals surface area contributed by atoms with Crippen molar-refractivity contribution in [2.24, 2.45) is 10.7 Å². The number of ether oxygens (including phenoxy) is 1. The van der Waals surface area contributed by atoms with Gasteiger partial charge in [-0.05, 0) is 49.8 Å². The van der Waals surface area contributed by atoms with Gasteiger partial charge < -0.3 is 20.7 Å². The lowest BCUT2D eigenvalue weighted by Gasteiger charge is -2.13. The second kappa shape index (κ2) is 9.31. The van der Waals surface area contributed by atoms with E-state index in [0.717, 1.165) is 5.57 Å². The zero-order chi connectivity index (χ0) is 22.5. The summed E-state index contributed by atoms with van der Waals surface area (Å²) in [5, 5.41) is 20.1. The molecule has 1 heterocycles. The lowest BCUT2D eigenvalue weighted by molar-refractivity contribution is -0.139. The maximum Gasteiger partial charge on any atom is 0.341 e. The average Bonchev–Trinajstić information content (AvgIpc) is 2.71. The van der Waals surface area contributed by atoms with E-state index in [-0.39, 0.29) is 23.2 Å². The van der Waals surface area contributed by atoms with Crippen molar-refractivity contribution in [1.29, 1.82) is 0 Å². The quantitative estimate of drug-likeness (QED) is 0.392. The van der Waals surface area contributed by atoms with Crippen molar-refractivity contribution < 1.29 is 24.1 Å². The minimum Gasteiger partial charge on any atom is -0.482 e. The summed E-state index contributed by atoms with van der Waals surface area (Å²) >= 11 is 0. The van der Waals surface area contributed by atoms with Crippen LogP contribution in [0.15, 0.2) is 59.1 Å². The lowest BCUT2D eigenvalue weighted by Crippen LogP contribution is -2.10. The van der Waals surface area contributed by atoms with E-state index in [1.165, 1.54) is 30.3 Å². The predicted molar refractivity (Wildman–Crippen MR) is 114 cm³/mol. The number of aliphatic hydroxyl groups excluding tert-OH is 1. The van der Waals surface area contributed by atoms with E-state index in [0.29, 0.717) is 16.5 Å². The Kier molecular flexibility index (Phi) is 6.56. The van der Waals surface area contributed by atoms with Crippen LogP contribution < -0.4 is 10.5 Å². The van der Waals surface area contributed by atoms with Crippen LogP contribution in [0.5, 0.6) is 5.75 Å². The van der Waals surface area contributed by atoms with Crippen molar-refractivity contribution in [3.63, 3.8) is 0 Å². The van der Waals surface area contributed by atoms with Gasteiger partial charge in [-0.3, -0.25) is 0 Å². The van der Waals surface area contributed by atoms with Crippen LogP contribution in [0, 0.1) is 5.82 Å². The van der Waals surface area contributed by atoms with Crippen LogP contribution >= 0.6 is 0 Å². The summed E-state index contributed by atoms with van der Waals surface area (Å²) < 4.78 is 18.5. The number of aliphatic imine (C=N–C) groups is 1. The zero-order valence-electron chi connectivity index (χ0n) is 16.9. The Hall–Kier alpha value is -3.85. The topological polar surface area (TPSA) is 131 Å². The first kappa shape index (κ1) is 21.8. The van der Waals surface area contributed by atoms with Gasteiger partial charge >= 0.3 is 5.97 Å². The van der Waals surface area contributed by atoms with Crippen molar-refractivity contribution in [3.05, 3.63) is 71.3 Å². The molecule has 0 aliphatic rings. The molecule has 0 saturated heterocycles. The largest absolute Gasteiger partial charge is 0.482 e. The molecular weight excluding hydrogens is 403 g/mol. The molecule has 160 valence electrons. The minimum atomic E-state index is -1.24. The number of carboxylic acid groups (broad SMARTS) is 1. The van der Waals surface area contributed by atoms with E-state index < -0.39 is 24.5 Å². The third-order valence-electron chi connectivity index (χ3n) is 4.13. The first-order valence-electron chi connectivity index (χ1n) is 9.32. The Morgan fingerprint density at radius 1 is 1.23 bits per heavy atom. The molecule has 1 aromatic heterocycles. The molecule has 0 aliphatic heterocycles. The van der Waals surface area contributed by atoms with E-state index in [1.54, 1.807) is 18.2 Å². The maximum absolute atomic E-state index is 13.2. The molecule has 8 nitrogen and oxygen atoms in total. The number of aliphatic carboxylic acids is 1. The van der Waals surface area contributed by atoms with Gasteiger partial charge in [0.25, 0.3) is 0 Å². The van der Waals surface area contributed by atoms with E-state index >= 15 is 0 Å². The van der Waals surface area contributed by atoms with Crippen LogP contribution in [0.4, 0.5) is 10.2 Å². The number of hydrogen-bond acceptors (Lipinski definition) is 6. The summed E-state index contributed by atoms with van der Waals surface area (Å²) in [4.78, 5) is 23.9. The molecule has 3 aromatic rings. The number of aliphatic hydroxyl groups is 1. The third kappa shape index (κ3) is 5.61. The van der Waals surface area contributed by atoms with E-state index in [4.69, 9.17) is 15.6 Å². The highest BCUT2D eigenvalue weighted by molar-refractivity contribution is 5.97. The highest BCUT2D eigenvalue weighted by atomic mass is 19.1. The molecule has 0 fully saturated rings. The van der Waals surface area contributed by atoms with Gasteiger partial charge in [-0.2, -0.15) is 0 Å². The molecule has 0 amide bonds. The Bertz CT molecular complexity index is 1170. The highest BCUT2D eigenvalue weighted by Gasteiger charge is 2.18. The van der Waals surface area contributed by atoms with Gasteiger partial charge in [-0.15, -0.1) is 0 Å². The number of carboxylic acids is 1. The minimum absolute atomic E-state index is 0.0262. The Morgan fingerprint density at radius 3 is 2.58 bits per heavy atom. The molecule has 0 spiro atoms. The van der Waals surface area contributed by atoms with Crippen molar-refractivity contribution in [3.8, 4) is 5.75 Å². The number of amidine groups is 1. The molecule has 9 heteroatoms. The van der Waals surface area contributed by atoms with Crippen LogP contribution in [0.2, 0.25) is 0 Å². The van der Waals surface area contributed by atoms with Crippen LogP contribution in [-0.4, -0.2) is 38.6 Å². The van der Waals surface area contributed by atoms with Crippen molar-refractivity contribution in [1.82, 2.24) is 9.97 Å². The van der Waals surface area contributed by atoms with Crippen molar-refractivity contribution in [2.75, 3.05) is 6.61 Å². The normalized spacial score (nSPS) is 12.5. The smallest absolute Gasteiger partial charge is 0.341 e. The van der Waals surface area contributed by atoms with Gasteiger partial charge in [0.05, 0.1) is 5.52 Å². The van der Waals surface area contributed by atoms with Crippen LogP contribution in [0.1, 0.15) is 31.3 Å². The van der Waals surface area contributed by atoms with Gasteiger partial charge in [0.15, 0.2) is 18.2 Å². The summed E-state index contributed by atoms with van der Waals surface area (Å²) in [6, 6.07) is 10.0. The zero-order valence-corrected chi connectivity index (χ0v) is 16.9. The van der Waals surface area contributed by atoms with Gasteiger partial charge in [0, 0.05) is 11.5 Å². The fraction of sp³-hybridized carbons (Fsp3) is 0.182. The van der Waals surface area contributed by atoms with Crippen molar-refractivity contribution in [2.45, 2.75) is 20.0 Å². The fourth-order valence-electron chi connectivity index (χ4n) is 2.80. The average molecular weight is 424 g/mol. The molecular formula is C22H21FN4O4. The molecule has 0 radical (unpaired) electrons. The molecule has 0 aliphatic carbocycles. The fourth-order valence-corrected chi connectivity index (χ4v) is 2.80. The number of halogens is 1. The number of aromatic nitrogens is 2. The number of carbonyl (C=O) groups is 1. The molecule has 0 bridgehead atoms. The summed E-state index contributed by atoms with van der Waals surface area (Å²) in [7, 11) is 0. The van der Waals surface area contributed by atoms with Gasteiger partial charge in [0.2, 0.25) is 0 Å². The number of hydrogen-bond donors (Lipinski definition) is 3. The van der Waals surface area contributed by atoms with Gasteiger partial charge in [-0.25, -0.2) is 24.1 Å². The van der Waals surface area contributed by atoms with Crippen LogP contribution in [0.3, 0.4) is 0 Å². The molecule has 2 aromatic carbocycles. The van der Waals surface area contributed by atoms with Gasteiger partial charge in [-0.1, -0.05) is 17.7 Å². The Labute approximate surface area is 177 Å². The van der Waals surface area contributed by atoms with E-state index in [9.17, 15) is 14.3 Å². The molecule has 4 N–H and O–H groups in total. The SMILES string of the molecule is CC(C)=CC(N)=Nc1nc(C(O)c2ccc(F)cc2)nc2cc(OCC(=O)O)ccc12. The summed E-state index contributed by atoms with van der Waals surface area (Å²) in [5.41, 5.74) is 7.69. The summed E-state index contributed by atoms with van der Waals surface area (Å²) in [5.74, 6) is -0.805. The van der Waals surface area contributed by atoms with E-state index in [1.807, 2.05) is 13.8 Å². The monoisotopic (exact) mass is 424 g/mol. The third-order valence-corrected chi connectivity index (χ3v) is 4.13. The summed E-state index contributed by atoms with van der Waals surface area (Å²) in [6.07, 6.45) is 0.432. The highest BCUT2D eigenvalue weighted by Crippen LogP contribution is 2.30. The number of benzene rings is 2. The first-order chi connectivity index (χ1) is 14.7. The molecule has 3 rings (SSSR count). The Morgan fingerprint density at radius 2 is 1.94 bits per heavy atom. The number of nitrogens with two attached hydrogens (primary N) is 1. The number of nitrogens with zero attached hydrogens (tertiary/aromatic N) is 3. The second-order valence-electron chi connectivity index (χ2n) is 6.98. The van der Waals surface area contributed by atoms with E-state index in [2.05, 4.69) is 15.0 Å². The molecule has 1 unspecified atom stereocenters. The Balaban J connectivity index is 2.13. The molecule has 0 saturated carbocycles. The van der Waals surface area contributed by atoms with Crippen molar-refractivity contribution >= 4 is 28.5 Å². The number of fused-ring (bicyclic) bond motifs is 1. The van der Waals surface area contributed by atoms with Gasteiger partial charge in [0.1, 0.15) is 23.5 Å².